The number of hydrogen-bond acceptors (Lipinski definition) is 4. The van der Waals surface area contributed by atoms with E-state index in [1.807, 2.05) is 12.1 Å². The molecule has 1 unspecified atom stereocenters. The van der Waals surface area contributed by atoms with Gasteiger partial charge in [0.05, 0.1) is 25.9 Å². The molecule has 1 aliphatic rings. The molecular weight excluding hydrogens is 242 g/mol. The second-order valence-corrected chi connectivity index (χ2v) is 5.21. The number of hydrogen-bond donors (Lipinski definition) is 1. The predicted molar refractivity (Wildman–Crippen MR) is 71.0 cm³/mol. The summed E-state index contributed by atoms with van der Waals surface area (Å²) in [6.45, 7) is 2.26. The minimum Gasteiger partial charge on any atom is -0.493 e. The van der Waals surface area contributed by atoms with Gasteiger partial charge in [-0.15, -0.1) is 0 Å². The number of benzene rings is 1. The smallest absolute Gasteiger partial charge is 0.161 e. The van der Waals surface area contributed by atoms with Crippen molar-refractivity contribution in [2.45, 2.75) is 32.3 Å². The van der Waals surface area contributed by atoms with Crippen LogP contribution in [0.25, 0.3) is 0 Å². The molecule has 0 amide bonds. The van der Waals surface area contributed by atoms with Crippen LogP contribution in [-0.4, -0.2) is 18.8 Å². The molecule has 0 aliphatic heterocycles. The molecule has 102 valence electrons. The van der Waals surface area contributed by atoms with Gasteiger partial charge in [-0.1, -0.05) is 6.07 Å². The van der Waals surface area contributed by atoms with Crippen LogP contribution in [0.2, 0.25) is 0 Å². The summed E-state index contributed by atoms with van der Waals surface area (Å²) in [6, 6.07) is 7.63. The Morgan fingerprint density at radius 2 is 2.16 bits per heavy atom. The van der Waals surface area contributed by atoms with Gasteiger partial charge in [0.25, 0.3) is 0 Å². The average Bonchev–Trinajstić information content (AvgIpc) is 3.16. The van der Waals surface area contributed by atoms with E-state index < -0.39 is 6.10 Å². The van der Waals surface area contributed by atoms with Crippen molar-refractivity contribution in [3.8, 4) is 17.6 Å². The largest absolute Gasteiger partial charge is 0.493 e. The molecule has 2 rings (SSSR count). The van der Waals surface area contributed by atoms with E-state index in [-0.39, 0.29) is 5.41 Å². The lowest BCUT2D eigenvalue weighted by molar-refractivity contribution is 0.197. The normalized spacial score (nSPS) is 17.4. The maximum atomic E-state index is 9.54. The van der Waals surface area contributed by atoms with E-state index in [0.717, 1.165) is 18.4 Å². The first-order chi connectivity index (χ1) is 9.10. The molecule has 1 saturated carbocycles. The van der Waals surface area contributed by atoms with Gasteiger partial charge in [-0.3, -0.25) is 0 Å². The number of nitriles is 1. The van der Waals surface area contributed by atoms with E-state index in [4.69, 9.17) is 14.7 Å². The fourth-order valence-electron chi connectivity index (χ4n) is 2.01. The van der Waals surface area contributed by atoms with Crippen molar-refractivity contribution in [2.75, 3.05) is 13.7 Å². The van der Waals surface area contributed by atoms with Gasteiger partial charge in [-0.2, -0.15) is 5.26 Å². The Balaban J connectivity index is 2.06. The molecule has 1 aromatic carbocycles. The van der Waals surface area contributed by atoms with Crippen molar-refractivity contribution in [2.24, 2.45) is 5.41 Å². The van der Waals surface area contributed by atoms with Crippen LogP contribution >= 0.6 is 0 Å². The standard InChI is InChI=1S/C15H19NO3/c1-11(17)12-3-4-13(14(9-12)18-2)19-10-15(5-6-15)7-8-16/h3-4,9,11,17H,5-7,10H2,1-2H3. The molecule has 1 fully saturated rings. The summed E-state index contributed by atoms with van der Waals surface area (Å²) in [4.78, 5) is 0. The van der Waals surface area contributed by atoms with Gasteiger partial charge < -0.3 is 14.6 Å². The highest BCUT2D eigenvalue weighted by Gasteiger charge is 2.43. The van der Waals surface area contributed by atoms with E-state index in [1.165, 1.54) is 0 Å². The highest BCUT2D eigenvalue weighted by atomic mass is 16.5. The van der Waals surface area contributed by atoms with Gasteiger partial charge in [0.2, 0.25) is 0 Å². The van der Waals surface area contributed by atoms with Gasteiger partial charge in [-0.05, 0) is 37.5 Å². The predicted octanol–water partition coefficient (Wildman–Crippen LogP) is 2.82. The zero-order valence-electron chi connectivity index (χ0n) is 11.3. The maximum absolute atomic E-state index is 9.54. The first-order valence-corrected chi connectivity index (χ1v) is 6.46. The van der Waals surface area contributed by atoms with E-state index in [0.29, 0.717) is 24.5 Å². The Morgan fingerprint density at radius 1 is 1.42 bits per heavy atom. The first kappa shape index (κ1) is 13.7. The molecule has 0 spiro atoms. The van der Waals surface area contributed by atoms with Crippen LogP contribution in [0.3, 0.4) is 0 Å². The van der Waals surface area contributed by atoms with E-state index in [2.05, 4.69) is 6.07 Å². The molecule has 1 atom stereocenters. The van der Waals surface area contributed by atoms with Gasteiger partial charge in [0.1, 0.15) is 0 Å². The van der Waals surface area contributed by atoms with Crippen molar-refractivity contribution in [1.29, 1.82) is 5.26 Å². The molecule has 1 aliphatic carbocycles. The summed E-state index contributed by atoms with van der Waals surface area (Å²) in [6.07, 6.45) is 2.11. The number of aliphatic hydroxyl groups is 1. The third-order valence-electron chi connectivity index (χ3n) is 3.62. The lowest BCUT2D eigenvalue weighted by atomic mass is 10.1. The summed E-state index contributed by atoms with van der Waals surface area (Å²) in [7, 11) is 1.58. The fourth-order valence-corrected chi connectivity index (χ4v) is 2.01. The highest BCUT2D eigenvalue weighted by Crippen LogP contribution is 2.49. The molecular formula is C15H19NO3. The number of ether oxygens (including phenoxy) is 2. The molecule has 0 bridgehead atoms. The topological polar surface area (TPSA) is 62.5 Å². The molecule has 0 aromatic heterocycles. The third kappa shape index (κ3) is 3.18. The Kier molecular flexibility index (Phi) is 3.96. The highest BCUT2D eigenvalue weighted by molar-refractivity contribution is 5.43. The van der Waals surface area contributed by atoms with Crippen molar-refractivity contribution in [3.05, 3.63) is 23.8 Å². The zero-order chi connectivity index (χ0) is 13.9. The second-order valence-electron chi connectivity index (χ2n) is 5.21. The number of methoxy groups -OCH3 is 1. The maximum Gasteiger partial charge on any atom is 0.161 e. The van der Waals surface area contributed by atoms with Crippen LogP contribution in [-0.2, 0) is 0 Å². The molecule has 4 nitrogen and oxygen atoms in total. The van der Waals surface area contributed by atoms with Crippen LogP contribution in [0.5, 0.6) is 11.5 Å². The van der Waals surface area contributed by atoms with Gasteiger partial charge in [-0.25, -0.2) is 0 Å². The summed E-state index contributed by atoms with van der Waals surface area (Å²) < 4.78 is 11.1. The van der Waals surface area contributed by atoms with E-state index >= 15 is 0 Å². The fraction of sp³-hybridized carbons (Fsp3) is 0.533. The Bertz CT molecular complexity index is 487. The van der Waals surface area contributed by atoms with Crippen LogP contribution in [0.15, 0.2) is 18.2 Å². The minimum absolute atomic E-state index is 0.0443. The molecule has 19 heavy (non-hydrogen) atoms. The summed E-state index contributed by atoms with van der Waals surface area (Å²) in [5.41, 5.74) is 0.838. The van der Waals surface area contributed by atoms with Gasteiger partial charge in [0.15, 0.2) is 11.5 Å². The van der Waals surface area contributed by atoms with Gasteiger partial charge in [0, 0.05) is 11.8 Å². The number of rotatable bonds is 6. The molecule has 4 heteroatoms. The molecule has 1 aromatic rings. The summed E-state index contributed by atoms with van der Waals surface area (Å²) >= 11 is 0. The van der Waals surface area contributed by atoms with Gasteiger partial charge >= 0.3 is 0 Å². The van der Waals surface area contributed by atoms with Crippen LogP contribution < -0.4 is 9.47 Å². The lowest BCUT2D eigenvalue weighted by Gasteiger charge is -2.16. The second kappa shape index (κ2) is 5.50. The van der Waals surface area contributed by atoms with Crippen LogP contribution in [0, 0.1) is 16.7 Å². The van der Waals surface area contributed by atoms with Crippen molar-refractivity contribution < 1.29 is 14.6 Å². The lowest BCUT2D eigenvalue weighted by Crippen LogP contribution is -2.13. The monoisotopic (exact) mass is 261 g/mol. The third-order valence-corrected chi connectivity index (χ3v) is 3.62. The number of aliphatic hydroxyl groups excluding tert-OH is 1. The number of nitrogens with zero attached hydrogens (tertiary/aromatic N) is 1. The van der Waals surface area contributed by atoms with Crippen LogP contribution in [0.4, 0.5) is 0 Å². The Morgan fingerprint density at radius 3 is 2.68 bits per heavy atom. The van der Waals surface area contributed by atoms with Crippen LogP contribution in [0.1, 0.15) is 37.9 Å². The summed E-state index contributed by atoms with van der Waals surface area (Å²) in [5.74, 6) is 1.28. The Labute approximate surface area is 113 Å². The quantitative estimate of drug-likeness (QED) is 0.855. The zero-order valence-corrected chi connectivity index (χ0v) is 11.3. The van der Waals surface area contributed by atoms with Crippen molar-refractivity contribution in [1.82, 2.24) is 0 Å². The molecule has 0 radical (unpaired) electrons. The molecule has 0 heterocycles. The minimum atomic E-state index is -0.531. The van der Waals surface area contributed by atoms with E-state index in [1.54, 1.807) is 20.1 Å². The Hall–Kier alpha value is -1.73. The van der Waals surface area contributed by atoms with E-state index in [9.17, 15) is 5.11 Å². The first-order valence-electron chi connectivity index (χ1n) is 6.46. The molecule has 0 saturated heterocycles. The SMILES string of the molecule is COc1cc(C(C)O)ccc1OCC1(CC#N)CC1. The summed E-state index contributed by atoms with van der Waals surface area (Å²) in [5, 5.41) is 18.3. The average molecular weight is 261 g/mol. The van der Waals surface area contributed by atoms with Crippen molar-refractivity contribution >= 4 is 0 Å². The van der Waals surface area contributed by atoms with Crippen molar-refractivity contribution in [3.63, 3.8) is 0 Å². The molecule has 1 N–H and O–H groups in total.